The summed E-state index contributed by atoms with van der Waals surface area (Å²) in [5.41, 5.74) is 0. The zero-order chi connectivity index (χ0) is 14.9. The summed E-state index contributed by atoms with van der Waals surface area (Å²) in [5, 5.41) is 8.25. The van der Waals surface area contributed by atoms with Crippen LogP contribution in [0.5, 0.6) is 5.75 Å². The van der Waals surface area contributed by atoms with Gasteiger partial charge in [0.1, 0.15) is 5.75 Å². The third-order valence-corrected chi connectivity index (χ3v) is 1.61. The van der Waals surface area contributed by atoms with Crippen LogP contribution in [0.15, 0.2) is 67.8 Å². The Bertz CT molecular complexity index is 357. The highest BCUT2D eigenvalue weighted by Crippen LogP contribution is 2.07. The Balaban J connectivity index is 0. The number of carboxylic acid groups (broad SMARTS) is 1. The van der Waals surface area contributed by atoms with Crippen LogP contribution in [0.3, 0.4) is 0 Å². The summed E-state index contributed by atoms with van der Waals surface area (Å²) < 4.78 is 4.87. The van der Waals surface area contributed by atoms with E-state index >= 15 is 0 Å². The van der Waals surface area contributed by atoms with Gasteiger partial charge < -0.3 is 9.84 Å². The van der Waals surface area contributed by atoms with Gasteiger partial charge in [-0.25, -0.2) is 4.79 Å². The second kappa shape index (κ2) is 15.7. The number of ether oxygens (including phenoxy) is 1. The molecule has 0 amide bonds. The number of para-hydroxylation sites is 1. The molecule has 0 unspecified atom stereocenters. The van der Waals surface area contributed by atoms with E-state index in [1.54, 1.807) is 36.4 Å². The fourth-order valence-electron chi connectivity index (χ4n) is 0.662. The SMILES string of the molecule is C/C=C\C.C=CC=C.O=C(O)COc1ccccc1. The van der Waals surface area contributed by atoms with Crippen molar-refractivity contribution in [3.8, 4) is 5.75 Å². The van der Waals surface area contributed by atoms with Gasteiger partial charge in [-0.2, -0.15) is 0 Å². The highest BCUT2D eigenvalue weighted by molar-refractivity contribution is 5.68. The van der Waals surface area contributed by atoms with Gasteiger partial charge in [-0.15, -0.1) is 0 Å². The summed E-state index contributed by atoms with van der Waals surface area (Å²) in [6, 6.07) is 8.84. The normalized spacial score (nSPS) is 8.32. The van der Waals surface area contributed by atoms with Crippen LogP contribution in [-0.4, -0.2) is 17.7 Å². The minimum absolute atomic E-state index is 0.288. The van der Waals surface area contributed by atoms with Crippen molar-refractivity contribution in [3.63, 3.8) is 0 Å². The van der Waals surface area contributed by atoms with Crippen LogP contribution in [0.25, 0.3) is 0 Å². The first-order chi connectivity index (χ1) is 9.12. The number of hydrogen-bond acceptors (Lipinski definition) is 2. The van der Waals surface area contributed by atoms with E-state index in [-0.39, 0.29) is 6.61 Å². The number of allylic oxidation sites excluding steroid dienone is 4. The standard InChI is InChI=1S/C8H8O3.C4H8.C4H6/c9-8(10)6-11-7-4-2-1-3-5-7;2*1-3-4-2/h1-5H,6H2,(H,9,10);3-4H,1-2H3;3-4H,1-2H2/b;4-3-;. The first kappa shape index (κ1) is 19.1. The van der Waals surface area contributed by atoms with Gasteiger partial charge in [-0.1, -0.05) is 55.7 Å². The van der Waals surface area contributed by atoms with Crippen molar-refractivity contribution in [1.82, 2.24) is 0 Å². The molecule has 1 N–H and O–H groups in total. The summed E-state index contributed by atoms with van der Waals surface area (Å²) in [7, 11) is 0. The second-order valence-electron chi connectivity index (χ2n) is 3.13. The molecule has 0 radical (unpaired) electrons. The Hall–Kier alpha value is -2.29. The maximum atomic E-state index is 10.0. The van der Waals surface area contributed by atoms with E-state index in [4.69, 9.17) is 9.84 Å². The molecule has 0 aromatic heterocycles. The van der Waals surface area contributed by atoms with Gasteiger partial charge in [0.05, 0.1) is 0 Å². The molecule has 0 spiro atoms. The van der Waals surface area contributed by atoms with Crippen LogP contribution in [0.2, 0.25) is 0 Å². The molecule has 104 valence electrons. The van der Waals surface area contributed by atoms with Crippen LogP contribution in [0, 0.1) is 0 Å². The molecule has 0 heterocycles. The average Bonchev–Trinajstić information content (AvgIpc) is 2.46. The van der Waals surface area contributed by atoms with Crippen LogP contribution in [0.1, 0.15) is 13.8 Å². The molecule has 3 heteroatoms. The molecule has 0 fully saturated rings. The molecule has 0 aliphatic heterocycles. The molecule has 0 atom stereocenters. The molecular formula is C16H22O3. The zero-order valence-corrected chi connectivity index (χ0v) is 11.6. The van der Waals surface area contributed by atoms with E-state index in [2.05, 4.69) is 13.2 Å². The van der Waals surface area contributed by atoms with E-state index in [1.165, 1.54) is 0 Å². The van der Waals surface area contributed by atoms with E-state index in [0.717, 1.165) is 0 Å². The van der Waals surface area contributed by atoms with E-state index in [0.29, 0.717) is 5.75 Å². The molecule has 0 aliphatic carbocycles. The lowest BCUT2D eigenvalue weighted by Gasteiger charge is -2.00. The van der Waals surface area contributed by atoms with E-state index in [9.17, 15) is 4.79 Å². The van der Waals surface area contributed by atoms with Gasteiger partial charge in [-0.3, -0.25) is 0 Å². The molecule has 0 aliphatic rings. The third-order valence-electron chi connectivity index (χ3n) is 1.61. The highest BCUT2D eigenvalue weighted by Gasteiger charge is 1.96. The number of carbonyl (C=O) groups is 1. The number of benzene rings is 1. The molecule has 0 saturated heterocycles. The molecule has 3 nitrogen and oxygen atoms in total. The number of hydrogen-bond donors (Lipinski definition) is 1. The monoisotopic (exact) mass is 262 g/mol. The van der Waals surface area contributed by atoms with Crippen LogP contribution in [-0.2, 0) is 4.79 Å². The summed E-state index contributed by atoms with van der Waals surface area (Å²) >= 11 is 0. The quantitative estimate of drug-likeness (QED) is 0.656. The predicted molar refractivity (Wildman–Crippen MR) is 80.5 cm³/mol. The Morgan fingerprint density at radius 1 is 1.16 bits per heavy atom. The van der Waals surface area contributed by atoms with Crippen molar-refractivity contribution >= 4 is 5.97 Å². The summed E-state index contributed by atoms with van der Waals surface area (Å²) in [4.78, 5) is 10.0. The number of aliphatic carboxylic acids is 1. The highest BCUT2D eigenvalue weighted by atomic mass is 16.5. The third kappa shape index (κ3) is 18.3. The van der Waals surface area contributed by atoms with Crippen molar-refractivity contribution in [2.45, 2.75) is 13.8 Å². The van der Waals surface area contributed by atoms with Gasteiger partial charge in [0.15, 0.2) is 6.61 Å². The van der Waals surface area contributed by atoms with Gasteiger partial charge in [0, 0.05) is 0 Å². The van der Waals surface area contributed by atoms with Crippen LogP contribution >= 0.6 is 0 Å². The van der Waals surface area contributed by atoms with Crippen molar-refractivity contribution in [2.75, 3.05) is 6.61 Å². The first-order valence-corrected chi connectivity index (χ1v) is 5.82. The molecule has 19 heavy (non-hydrogen) atoms. The maximum absolute atomic E-state index is 10.0. The molecule has 0 bridgehead atoms. The van der Waals surface area contributed by atoms with Crippen LogP contribution in [0.4, 0.5) is 0 Å². The van der Waals surface area contributed by atoms with Crippen molar-refractivity contribution in [1.29, 1.82) is 0 Å². The Morgan fingerprint density at radius 2 is 1.63 bits per heavy atom. The Kier molecular flexibility index (Phi) is 15.8. The number of rotatable bonds is 4. The predicted octanol–water partition coefficient (Wildman–Crippen LogP) is 4.09. The Morgan fingerprint density at radius 3 is 1.95 bits per heavy atom. The van der Waals surface area contributed by atoms with Crippen molar-refractivity contribution in [3.05, 3.63) is 67.8 Å². The maximum Gasteiger partial charge on any atom is 0.341 e. The average molecular weight is 262 g/mol. The fourth-order valence-corrected chi connectivity index (χ4v) is 0.662. The minimum atomic E-state index is -0.964. The van der Waals surface area contributed by atoms with Gasteiger partial charge >= 0.3 is 5.97 Å². The molecule has 1 aromatic carbocycles. The Labute approximate surface area is 115 Å². The first-order valence-electron chi connectivity index (χ1n) is 5.82. The zero-order valence-electron chi connectivity index (χ0n) is 11.6. The summed E-state index contributed by atoms with van der Waals surface area (Å²) in [6.45, 7) is 10.4. The van der Waals surface area contributed by atoms with Gasteiger partial charge in [-0.05, 0) is 26.0 Å². The molecular weight excluding hydrogens is 240 g/mol. The van der Waals surface area contributed by atoms with Crippen molar-refractivity contribution in [2.24, 2.45) is 0 Å². The van der Waals surface area contributed by atoms with E-state index < -0.39 is 5.97 Å². The lowest BCUT2D eigenvalue weighted by Crippen LogP contribution is -2.09. The van der Waals surface area contributed by atoms with Gasteiger partial charge in [0.25, 0.3) is 0 Å². The smallest absolute Gasteiger partial charge is 0.341 e. The van der Waals surface area contributed by atoms with Gasteiger partial charge in [0.2, 0.25) is 0 Å². The van der Waals surface area contributed by atoms with E-state index in [1.807, 2.05) is 32.1 Å². The molecule has 1 rings (SSSR count). The topological polar surface area (TPSA) is 46.5 Å². The second-order valence-corrected chi connectivity index (χ2v) is 3.13. The lowest BCUT2D eigenvalue weighted by atomic mass is 10.3. The summed E-state index contributed by atoms with van der Waals surface area (Å²) in [5.74, 6) is -0.385. The largest absolute Gasteiger partial charge is 0.482 e. The molecule has 0 saturated carbocycles. The number of carboxylic acids is 1. The minimum Gasteiger partial charge on any atom is -0.482 e. The van der Waals surface area contributed by atoms with Crippen molar-refractivity contribution < 1.29 is 14.6 Å². The fraction of sp³-hybridized carbons (Fsp3) is 0.188. The lowest BCUT2D eigenvalue weighted by molar-refractivity contribution is -0.139. The molecule has 1 aromatic rings. The van der Waals surface area contributed by atoms with Crippen LogP contribution < -0.4 is 4.74 Å². The summed E-state index contributed by atoms with van der Waals surface area (Å²) in [6.07, 6.45) is 7.28.